The molecule has 210 valence electrons. The third kappa shape index (κ3) is 16.8. The molecular weight excluding hydrogens is 467 g/mol. The fourth-order valence-corrected chi connectivity index (χ4v) is 5.63. The second-order valence-corrected chi connectivity index (χ2v) is 11.9. The summed E-state index contributed by atoms with van der Waals surface area (Å²) < 4.78 is 16.7. The fraction of sp³-hybridized carbons (Fsp3) is 0.806. The summed E-state index contributed by atoms with van der Waals surface area (Å²) in [4.78, 5) is 18.9. The van der Waals surface area contributed by atoms with Crippen LogP contribution in [0.25, 0.3) is 0 Å². The molecule has 0 fully saturated rings. The molecular formula is C31H57O4P. The van der Waals surface area contributed by atoms with Gasteiger partial charge in [0.05, 0.1) is 0 Å². The van der Waals surface area contributed by atoms with Crippen LogP contribution in [0.4, 0.5) is 0 Å². The van der Waals surface area contributed by atoms with Gasteiger partial charge in [0, 0.05) is 0 Å². The summed E-state index contributed by atoms with van der Waals surface area (Å²) >= 11 is 0. The predicted molar refractivity (Wildman–Crippen MR) is 155 cm³/mol. The highest BCUT2D eigenvalue weighted by molar-refractivity contribution is 7.46. The maximum absolute atomic E-state index is 11.6. The maximum Gasteiger partial charge on any atom is 0.524 e. The first-order valence-corrected chi connectivity index (χ1v) is 16.8. The maximum atomic E-state index is 11.6. The Hall–Kier alpha value is -0.830. The number of benzene rings is 1. The molecule has 4 nitrogen and oxygen atoms in total. The molecule has 0 aromatic heterocycles. The minimum atomic E-state index is -4.57. The number of aryl methyl sites for hydroxylation is 1. The van der Waals surface area contributed by atoms with E-state index >= 15 is 0 Å². The number of unbranched alkanes of at least 4 members (excludes halogenated alkanes) is 18. The van der Waals surface area contributed by atoms with Crippen molar-refractivity contribution in [2.45, 2.75) is 162 Å². The Bertz CT molecular complexity index is 713. The third-order valence-electron chi connectivity index (χ3n) is 7.40. The summed E-state index contributed by atoms with van der Waals surface area (Å²) in [5.74, 6) is 0.381. The molecule has 0 spiro atoms. The lowest BCUT2D eigenvalue weighted by Gasteiger charge is -2.18. The Kier molecular flexibility index (Phi) is 19.5. The SMILES string of the molecule is CCCCCCCCCCCCc1c(C)ccc(OP(=O)(O)O)c1CCCCCCCCCCCC. The average molecular weight is 525 g/mol. The topological polar surface area (TPSA) is 66.8 Å². The van der Waals surface area contributed by atoms with Crippen molar-refractivity contribution in [3.63, 3.8) is 0 Å². The van der Waals surface area contributed by atoms with Crippen molar-refractivity contribution in [3.05, 3.63) is 28.8 Å². The van der Waals surface area contributed by atoms with Crippen molar-refractivity contribution in [1.82, 2.24) is 0 Å². The molecule has 1 aromatic rings. The van der Waals surface area contributed by atoms with Crippen LogP contribution < -0.4 is 4.52 Å². The molecule has 1 aromatic carbocycles. The zero-order valence-corrected chi connectivity index (χ0v) is 24.8. The van der Waals surface area contributed by atoms with E-state index in [1.165, 1.54) is 120 Å². The van der Waals surface area contributed by atoms with Crippen LogP contribution in [0.1, 0.15) is 159 Å². The lowest BCUT2D eigenvalue weighted by Crippen LogP contribution is -2.03. The van der Waals surface area contributed by atoms with Crippen LogP contribution in [0.2, 0.25) is 0 Å². The van der Waals surface area contributed by atoms with E-state index in [1.807, 2.05) is 6.07 Å². The standard InChI is InChI=1S/C31H57O4P/c1-4-6-8-10-12-14-16-18-20-22-24-29-28(3)26-27-31(35-36(32,33)34)30(29)25-23-21-19-17-15-13-11-9-7-5-2/h26-27H,4-25H2,1-3H3,(H2,32,33,34). The molecule has 0 heterocycles. The van der Waals surface area contributed by atoms with Gasteiger partial charge in [0.25, 0.3) is 0 Å². The fourth-order valence-electron chi connectivity index (χ4n) is 5.20. The number of phosphoric ester groups is 1. The van der Waals surface area contributed by atoms with Gasteiger partial charge in [0.2, 0.25) is 0 Å². The van der Waals surface area contributed by atoms with Crippen molar-refractivity contribution < 1.29 is 18.9 Å². The smallest absolute Gasteiger partial charge is 0.404 e. The van der Waals surface area contributed by atoms with Gasteiger partial charge >= 0.3 is 7.82 Å². The molecule has 36 heavy (non-hydrogen) atoms. The van der Waals surface area contributed by atoms with Crippen molar-refractivity contribution >= 4 is 7.82 Å². The van der Waals surface area contributed by atoms with E-state index in [4.69, 9.17) is 4.52 Å². The van der Waals surface area contributed by atoms with E-state index in [2.05, 4.69) is 20.8 Å². The number of rotatable bonds is 24. The highest BCUT2D eigenvalue weighted by Gasteiger charge is 2.20. The average Bonchev–Trinajstić information content (AvgIpc) is 2.83. The summed E-state index contributed by atoms with van der Waals surface area (Å²) in [7, 11) is -4.57. The Morgan fingerprint density at radius 1 is 0.583 bits per heavy atom. The molecule has 0 amide bonds. The minimum absolute atomic E-state index is 0.381. The molecule has 0 aliphatic rings. The molecule has 0 atom stereocenters. The summed E-state index contributed by atoms with van der Waals surface area (Å²) in [5.41, 5.74) is 3.48. The molecule has 5 heteroatoms. The molecule has 0 saturated carbocycles. The number of hydrogen-bond acceptors (Lipinski definition) is 2. The van der Waals surface area contributed by atoms with Crippen molar-refractivity contribution in [3.8, 4) is 5.75 Å². The quantitative estimate of drug-likeness (QED) is 0.104. The highest BCUT2D eigenvalue weighted by Crippen LogP contribution is 2.41. The third-order valence-corrected chi connectivity index (χ3v) is 7.83. The molecule has 0 saturated heterocycles. The Labute approximate surface area is 223 Å². The van der Waals surface area contributed by atoms with Gasteiger partial charge in [-0.25, -0.2) is 4.57 Å². The van der Waals surface area contributed by atoms with Gasteiger partial charge in [0.15, 0.2) is 0 Å². The first-order valence-electron chi connectivity index (χ1n) is 15.3. The van der Waals surface area contributed by atoms with E-state index in [1.54, 1.807) is 6.07 Å². The lowest BCUT2D eigenvalue weighted by molar-refractivity contribution is 0.282. The molecule has 0 radical (unpaired) electrons. The van der Waals surface area contributed by atoms with Gasteiger partial charge in [-0.2, -0.15) is 0 Å². The molecule has 0 unspecified atom stereocenters. The molecule has 0 aliphatic heterocycles. The van der Waals surface area contributed by atoms with E-state index in [-0.39, 0.29) is 0 Å². The normalized spacial score (nSPS) is 11.8. The second kappa shape index (κ2) is 21.1. The second-order valence-electron chi connectivity index (χ2n) is 10.8. The van der Waals surface area contributed by atoms with Crippen LogP contribution in [0.5, 0.6) is 5.75 Å². The van der Waals surface area contributed by atoms with E-state index in [9.17, 15) is 14.4 Å². The van der Waals surface area contributed by atoms with E-state index in [0.29, 0.717) is 5.75 Å². The molecule has 1 rings (SSSR count). The molecule has 0 aliphatic carbocycles. The minimum Gasteiger partial charge on any atom is -0.404 e. The van der Waals surface area contributed by atoms with Crippen LogP contribution in [-0.2, 0) is 17.4 Å². The summed E-state index contributed by atoms with van der Waals surface area (Å²) in [5, 5.41) is 0. The number of hydrogen-bond donors (Lipinski definition) is 2. The summed E-state index contributed by atoms with van der Waals surface area (Å²) in [6, 6.07) is 3.71. The summed E-state index contributed by atoms with van der Waals surface area (Å²) in [6.07, 6.45) is 27.7. The van der Waals surface area contributed by atoms with Crippen molar-refractivity contribution in [2.24, 2.45) is 0 Å². The first kappa shape index (κ1) is 33.2. The first-order chi connectivity index (χ1) is 17.4. The predicted octanol–water partition coefficient (Wildman–Crippen LogP) is 10.4. The van der Waals surface area contributed by atoms with Crippen LogP contribution in [-0.4, -0.2) is 9.79 Å². The van der Waals surface area contributed by atoms with Gasteiger partial charge in [-0.1, -0.05) is 135 Å². The zero-order chi connectivity index (χ0) is 26.5. The van der Waals surface area contributed by atoms with Gasteiger partial charge in [-0.05, 0) is 55.4 Å². The zero-order valence-electron chi connectivity index (χ0n) is 23.9. The van der Waals surface area contributed by atoms with Crippen LogP contribution in [0, 0.1) is 6.92 Å². The lowest BCUT2D eigenvalue weighted by atomic mass is 9.92. The van der Waals surface area contributed by atoms with Crippen LogP contribution in [0.3, 0.4) is 0 Å². The molecule has 2 N–H and O–H groups in total. The van der Waals surface area contributed by atoms with Gasteiger partial charge in [-0.15, -0.1) is 0 Å². The van der Waals surface area contributed by atoms with Gasteiger partial charge < -0.3 is 4.52 Å². The molecule has 0 bridgehead atoms. The highest BCUT2D eigenvalue weighted by atomic mass is 31.2. The Morgan fingerprint density at radius 3 is 1.33 bits per heavy atom. The van der Waals surface area contributed by atoms with E-state index < -0.39 is 7.82 Å². The van der Waals surface area contributed by atoms with Gasteiger partial charge in [-0.3, -0.25) is 9.79 Å². The largest absolute Gasteiger partial charge is 0.524 e. The van der Waals surface area contributed by atoms with Crippen molar-refractivity contribution in [2.75, 3.05) is 0 Å². The Balaban J connectivity index is 2.50. The van der Waals surface area contributed by atoms with Crippen LogP contribution in [0.15, 0.2) is 12.1 Å². The number of phosphoric acid groups is 1. The van der Waals surface area contributed by atoms with E-state index in [0.717, 1.165) is 37.7 Å². The van der Waals surface area contributed by atoms with Gasteiger partial charge in [0.1, 0.15) is 5.75 Å². The Morgan fingerprint density at radius 2 is 0.944 bits per heavy atom. The summed E-state index contributed by atoms with van der Waals surface area (Å²) in [6.45, 7) is 6.64. The monoisotopic (exact) mass is 524 g/mol. The van der Waals surface area contributed by atoms with Crippen molar-refractivity contribution in [1.29, 1.82) is 0 Å². The van der Waals surface area contributed by atoms with Crippen LogP contribution >= 0.6 is 7.82 Å².